The lowest BCUT2D eigenvalue weighted by atomic mass is 10.0. The van der Waals surface area contributed by atoms with Gasteiger partial charge in [0.2, 0.25) is 11.7 Å². The molecule has 2 aromatic heterocycles. The van der Waals surface area contributed by atoms with Gasteiger partial charge in [-0.15, -0.1) is 0 Å². The Morgan fingerprint density at radius 1 is 1.34 bits per heavy atom. The molecule has 3 aromatic rings. The summed E-state index contributed by atoms with van der Waals surface area (Å²) in [4.78, 5) is 25.4. The molecule has 0 aliphatic heterocycles. The number of furan rings is 1. The Balaban J connectivity index is 1.96. The van der Waals surface area contributed by atoms with Gasteiger partial charge in [-0.3, -0.25) is 14.2 Å². The van der Waals surface area contributed by atoms with Crippen molar-refractivity contribution in [2.24, 2.45) is 0 Å². The van der Waals surface area contributed by atoms with Crippen LogP contribution in [0.4, 0.5) is 0 Å². The van der Waals surface area contributed by atoms with Crippen molar-refractivity contribution in [3.8, 4) is 17.7 Å². The lowest BCUT2D eigenvalue weighted by Gasteiger charge is -2.15. The molecule has 0 unspecified atom stereocenters. The van der Waals surface area contributed by atoms with Gasteiger partial charge in [0.25, 0.3) is 5.56 Å². The van der Waals surface area contributed by atoms with Gasteiger partial charge in [0, 0.05) is 5.02 Å². The Hall–Kier alpha value is -3.50. The maximum atomic E-state index is 12.8. The van der Waals surface area contributed by atoms with E-state index in [9.17, 15) is 20.0 Å². The predicted octanol–water partition coefficient (Wildman–Crippen LogP) is 3.60. The van der Waals surface area contributed by atoms with Crippen LogP contribution in [0.1, 0.15) is 32.8 Å². The number of aromatic nitrogens is 1. The molecule has 0 amide bonds. The van der Waals surface area contributed by atoms with Crippen molar-refractivity contribution in [2.45, 2.75) is 20.4 Å². The SMILES string of the molecule is Cc1cc(OCC(=O)c2c(C)c(C#N)c(=O)n(Cc3ccco3)c2O)ccc1Cl. The molecule has 0 radical (unpaired) electrons. The molecular formula is C21H17ClN2O5. The van der Waals surface area contributed by atoms with Crippen LogP contribution in [0.5, 0.6) is 11.6 Å². The first-order valence-electron chi connectivity index (χ1n) is 8.64. The third kappa shape index (κ3) is 4.03. The molecule has 7 nitrogen and oxygen atoms in total. The number of halogens is 1. The first-order chi connectivity index (χ1) is 13.8. The number of aryl methyl sites for hydroxylation is 1. The van der Waals surface area contributed by atoms with Crippen LogP contribution in [-0.4, -0.2) is 22.1 Å². The third-order valence-corrected chi connectivity index (χ3v) is 4.90. The first-order valence-corrected chi connectivity index (χ1v) is 9.02. The molecule has 1 aromatic carbocycles. The zero-order chi connectivity index (χ0) is 21.1. The van der Waals surface area contributed by atoms with Gasteiger partial charge >= 0.3 is 0 Å². The summed E-state index contributed by atoms with van der Waals surface area (Å²) in [6.45, 7) is 2.73. The maximum absolute atomic E-state index is 12.8. The molecule has 0 saturated carbocycles. The van der Waals surface area contributed by atoms with E-state index >= 15 is 0 Å². The molecule has 0 atom stereocenters. The number of aromatic hydroxyl groups is 1. The number of carbonyl (C=O) groups is 1. The molecule has 148 valence electrons. The highest BCUT2D eigenvalue weighted by Gasteiger charge is 2.24. The van der Waals surface area contributed by atoms with Crippen molar-refractivity contribution in [2.75, 3.05) is 6.61 Å². The zero-order valence-corrected chi connectivity index (χ0v) is 16.5. The summed E-state index contributed by atoms with van der Waals surface area (Å²) < 4.78 is 11.6. The smallest absolute Gasteiger partial charge is 0.271 e. The number of pyridine rings is 1. The summed E-state index contributed by atoms with van der Waals surface area (Å²) in [6, 6.07) is 10.0. The second-order valence-electron chi connectivity index (χ2n) is 6.40. The Morgan fingerprint density at radius 3 is 2.72 bits per heavy atom. The van der Waals surface area contributed by atoms with E-state index in [4.69, 9.17) is 20.8 Å². The number of hydrogen-bond acceptors (Lipinski definition) is 6. The second kappa shape index (κ2) is 8.25. The number of ether oxygens (including phenoxy) is 1. The lowest BCUT2D eigenvalue weighted by molar-refractivity contribution is 0.0916. The quantitative estimate of drug-likeness (QED) is 0.620. The van der Waals surface area contributed by atoms with E-state index in [1.54, 1.807) is 37.3 Å². The Morgan fingerprint density at radius 2 is 2.10 bits per heavy atom. The van der Waals surface area contributed by atoms with Crippen LogP contribution < -0.4 is 10.3 Å². The average molecular weight is 413 g/mol. The van der Waals surface area contributed by atoms with Crippen LogP contribution in [0.3, 0.4) is 0 Å². The number of ketones is 1. The standard InChI is InChI=1S/C21H17ClN2O5/c1-12-8-14(5-6-17(12)22)29-11-18(25)19-13(2)16(9-23)20(26)24(21(19)27)10-15-4-3-7-28-15/h3-8,27H,10-11H2,1-2H3. The number of rotatable bonds is 6. The van der Waals surface area contributed by atoms with Crippen molar-refractivity contribution in [1.82, 2.24) is 4.57 Å². The maximum Gasteiger partial charge on any atom is 0.271 e. The lowest BCUT2D eigenvalue weighted by Crippen LogP contribution is -2.28. The van der Waals surface area contributed by atoms with Crippen LogP contribution in [0.25, 0.3) is 0 Å². The van der Waals surface area contributed by atoms with Crippen LogP contribution in [0.2, 0.25) is 5.02 Å². The number of nitrogens with zero attached hydrogens (tertiary/aromatic N) is 2. The van der Waals surface area contributed by atoms with Gasteiger partial charge in [0.15, 0.2) is 6.61 Å². The molecule has 2 heterocycles. The van der Waals surface area contributed by atoms with Gasteiger partial charge in [-0.2, -0.15) is 5.26 Å². The number of hydrogen-bond donors (Lipinski definition) is 1. The number of Topliss-reactive ketones (excluding diaryl/α,β-unsaturated/α-hetero) is 1. The minimum atomic E-state index is -0.704. The number of carbonyl (C=O) groups excluding carboxylic acids is 1. The summed E-state index contributed by atoms with van der Waals surface area (Å²) in [6.07, 6.45) is 1.42. The minimum absolute atomic E-state index is 0.103. The van der Waals surface area contributed by atoms with Gasteiger partial charge in [-0.05, 0) is 55.3 Å². The first kappa shape index (κ1) is 20.2. The van der Waals surface area contributed by atoms with E-state index in [0.29, 0.717) is 16.5 Å². The highest BCUT2D eigenvalue weighted by Crippen LogP contribution is 2.25. The van der Waals surface area contributed by atoms with Crippen LogP contribution in [0, 0.1) is 25.2 Å². The monoisotopic (exact) mass is 412 g/mol. The fourth-order valence-corrected chi connectivity index (χ4v) is 3.04. The fraction of sp³-hybridized carbons (Fsp3) is 0.190. The van der Waals surface area contributed by atoms with Gasteiger partial charge in [0.1, 0.15) is 23.1 Å². The molecule has 1 N–H and O–H groups in total. The minimum Gasteiger partial charge on any atom is -0.494 e. The Bertz CT molecular complexity index is 1170. The van der Waals surface area contributed by atoms with E-state index in [0.717, 1.165) is 10.1 Å². The van der Waals surface area contributed by atoms with Crippen molar-refractivity contribution < 1.29 is 19.1 Å². The van der Waals surface area contributed by atoms with Crippen LogP contribution in [0.15, 0.2) is 45.8 Å². The third-order valence-electron chi connectivity index (χ3n) is 4.47. The van der Waals surface area contributed by atoms with Crippen LogP contribution in [-0.2, 0) is 6.54 Å². The molecule has 0 aliphatic rings. The normalized spacial score (nSPS) is 10.6. The Kier molecular flexibility index (Phi) is 5.76. The molecule has 0 bridgehead atoms. The predicted molar refractivity (Wildman–Crippen MR) is 106 cm³/mol. The average Bonchev–Trinajstić information content (AvgIpc) is 3.20. The molecule has 0 spiro atoms. The van der Waals surface area contributed by atoms with Crippen molar-refractivity contribution >= 4 is 17.4 Å². The highest BCUT2D eigenvalue weighted by atomic mass is 35.5. The number of benzene rings is 1. The van der Waals surface area contributed by atoms with Crippen molar-refractivity contribution in [3.63, 3.8) is 0 Å². The number of nitriles is 1. The Labute approximate surface area is 171 Å². The second-order valence-corrected chi connectivity index (χ2v) is 6.81. The summed E-state index contributed by atoms with van der Waals surface area (Å²) in [5.41, 5.74) is -0.177. The molecule has 3 rings (SSSR count). The van der Waals surface area contributed by atoms with E-state index in [1.807, 2.05) is 6.07 Å². The van der Waals surface area contributed by atoms with Crippen molar-refractivity contribution in [1.29, 1.82) is 5.26 Å². The highest BCUT2D eigenvalue weighted by molar-refractivity contribution is 6.31. The van der Waals surface area contributed by atoms with E-state index < -0.39 is 17.2 Å². The van der Waals surface area contributed by atoms with E-state index in [1.165, 1.54) is 13.2 Å². The van der Waals surface area contributed by atoms with Crippen molar-refractivity contribution in [3.05, 3.63) is 80.0 Å². The van der Waals surface area contributed by atoms with E-state index in [-0.39, 0.29) is 29.8 Å². The van der Waals surface area contributed by atoms with E-state index in [2.05, 4.69) is 0 Å². The van der Waals surface area contributed by atoms with Gasteiger partial charge in [-0.1, -0.05) is 11.6 Å². The van der Waals surface area contributed by atoms with Crippen LogP contribution >= 0.6 is 11.6 Å². The summed E-state index contributed by atoms with van der Waals surface area (Å²) in [5.74, 6) is -0.288. The molecule has 0 saturated heterocycles. The topological polar surface area (TPSA) is 105 Å². The molecule has 0 aliphatic carbocycles. The molecule has 29 heavy (non-hydrogen) atoms. The largest absolute Gasteiger partial charge is 0.494 e. The molecular weight excluding hydrogens is 396 g/mol. The van der Waals surface area contributed by atoms with Gasteiger partial charge < -0.3 is 14.3 Å². The van der Waals surface area contributed by atoms with Gasteiger partial charge in [0.05, 0.1) is 18.4 Å². The zero-order valence-electron chi connectivity index (χ0n) is 15.7. The molecule has 8 heteroatoms. The van der Waals surface area contributed by atoms with Gasteiger partial charge in [-0.25, -0.2) is 0 Å². The fourth-order valence-electron chi connectivity index (χ4n) is 2.92. The summed E-state index contributed by atoms with van der Waals surface area (Å²) >= 11 is 5.98. The summed E-state index contributed by atoms with van der Waals surface area (Å²) in [7, 11) is 0. The molecule has 0 fully saturated rings. The summed E-state index contributed by atoms with van der Waals surface area (Å²) in [5, 5.41) is 20.6.